The lowest BCUT2D eigenvalue weighted by molar-refractivity contribution is 0.505. The molecule has 23 heavy (non-hydrogen) atoms. The number of nitrogens with one attached hydrogen (secondary N) is 1. The Labute approximate surface area is 133 Å². The van der Waals surface area contributed by atoms with E-state index >= 15 is 0 Å². The average molecular weight is 343 g/mol. The van der Waals surface area contributed by atoms with Crippen LogP contribution in [0.5, 0.6) is 0 Å². The molecule has 0 radical (unpaired) electrons. The maximum atomic E-state index is 13.6. The summed E-state index contributed by atoms with van der Waals surface area (Å²) < 4.78 is 66.1. The second-order valence-corrected chi connectivity index (χ2v) is 6.92. The first-order valence-electron chi connectivity index (χ1n) is 7.00. The Hall–Kier alpha value is -1.86. The summed E-state index contributed by atoms with van der Waals surface area (Å²) in [4.78, 5) is -0.417. The fourth-order valence-corrected chi connectivity index (χ4v) is 3.49. The quantitative estimate of drug-likeness (QED) is 0.874. The van der Waals surface area contributed by atoms with Crippen molar-refractivity contribution in [2.75, 3.05) is 0 Å². The highest BCUT2D eigenvalue weighted by Gasteiger charge is 2.20. The molecule has 0 aromatic heterocycles. The van der Waals surface area contributed by atoms with Crippen LogP contribution in [0.25, 0.3) is 0 Å². The fraction of sp³-hybridized carbons (Fsp3) is 0.250. The molecule has 0 heterocycles. The standard InChI is InChI=1S/C16H16F3NO2S/c1-11(6-7-12-8-9-13(17)15(19)10-12)20-23(21,22)16-5-3-2-4-14(16)18/h2-5,8-11,20H,6-7H2,1H3. The van der Waals surface area contributed by atoms with Crippen molar-refractivity contribution < 1.29 is 21.6 Å². The molecule has 1 atom stereocenters. The highest BCUT2D eigenvalue weighted by Crippen LogP contribution is 2.15. The van der Waals surface area contributed by atoms with Crippen LogP contribution in [-0.4, -0.2) is 14.5 Å². The monoisotopic (exact) mass is 343 g/mol. The highest BCUT2D eigenvalue weighted by atomic mass is 32.2. The summed E-state index contributed by atoms with van der Waals surface area (Å²) in [6, 6.07) is 8.14. The van der Waals surface area contributed by atoms with Crippen molar-refractivity contribution >= 4 is 10.0 Å². The number of aryl methyl sites for hydroxylation is 1. The Kier molecular flexibility index (Phi) is 5.43. The van der Waals surface area contributed by atoms with E-state index in [1.54, 1.807) is 6.92 Å². The van der Waals surface area contributed by atoms with Gasteiger partial charge in [0.25, 0.3) is 0 Å². The van der Waals surface area contributed by atoms with Gasteiger partial charge in [0.05, 0.1) is 0 Å². The van der Waals surface area contributed by atoms with Crippen molar-refractivity contribution in [2.24, 2.45) is 0 Å². The first-order chi connectivity index (χ1) is 10.8. The number of sulfonamides is 1. The van der Waals surface area contributed by atoms with Gasteiger partial charge in [-0.2, -0.15) is 0 Å². The van der Waals surface area contributed by atoms with Gasteiger partial charge >= 0.3 is 0 Å². The van der Waals surface area contributed by atoms with Gasteiger partial charge in [0.1, 0.15) is 10.7 Å². The zero-order valence-corrected chi connectivity index (χ0v) is 13.2. The highest BCUT2D eigenvalue weighted by molar-refractivity contribution is 7.89. The molecule has 124 valence electrons. The SMILES string of the molecule is CC(CCc1ccc(F)c(F)c1)NS(=O)(=O)c1ccccc1F. The summed E-state index contributed by atoms with van der Waals surface area (Å²) in [6.45, 7) is 1.62. The van der Waals surface area contributed by atoms with Crippen molar-refractivity contribution in [3.05, 3.63) is 65.5 Å². The van der Waals surface area contributed by atoms with E-state index in [0.29, 0.717) is 18.4 Å². The summed E-state index contributed by atoms with van der Waals surface area (Å²) in [6.07, 6.45) is 0.719. The predicted octanol–water partition coefficient (Wildman–Crippen LogP) is 3.40. The van der Waals surface area contributed by atoms with Crippen LogP contribution in [0.1, 0.15) is 18.9 Å². The number of rotatable bonds is 6. The maximum absolute atomic E-state index is 13.6. The Morgan fingerprint density at radius 1 is 1.00 bits per heavy atom. The molecule has 1 unspecified atom stereocenters. The van der Waals surface area contributed by atoms with E-state index in [4.69, 9.17) is 0 Å². The van der Waals surface area contributed by atoms with Gasteiger partial charge in [-0.05, 0) is 49.6 Å². The molecule has 0 aliphatic carbocycles. The molecule has 0 fully saturated rings. The Bertz CT molecular complexity index is 794. The zero-order chi connectivity index (χ0) is 17.0. The maximum Gasteiger partial charge on any atom is 0.243 e. The topological polar surface area (TPSA) is 46.2 Å². The van der Waals surface area contributed by atoms with Crippen molar-refractivity contribution in [3.8, 4) is 0 Å². The molecule has 0 bridgehead atoms. The normalized spacial score (nSPS) is 13.0. The third-order valence-electron chi connectivity index (χ3n) is 3.33. The van der Waals surface area contributed by atoms with Gasteiger partial charge in [0.2, 0.25) is 10.0 Å². The number of hydrogen-bond acceptors (Lipinski definition) is 2. The first-order valence-corrected chi connectivity index (χ1v) is 8.48. The van der Waals surface area contributed by atoms with Crippen LogP contribution in [0.4, 0.5) is 13.2 Å². The van der Waals surface area contributed by atoms with Gasteiger partial charge in [-0.15, -0.1) is 0 Å². The summed E-state index contributed by atoms with van der Waals surface area (Å²) in [7, 11) is -3.97. The number of benzene rings is 2. The van der Waals surface area contributed by atoms with Gasteiger partial charge in [-0.25, -0.2) is 26.3 Å². The lowest BCUT2D eigenvalue weighted by Gasteiger charge is -2.14. The van der Waals surface area contributed by atoms with Gasteiger partial charge in [0, 0.05) is 6.04 Å². The molecule has 0 amide bonds. The minimum Gasteiger partial charge on any atom is -0.208 e. The largest absolute Gasteiger partial charge is 0.243 e. The number of halogens is 3. The van der Waals surface area contributed by atoms with Gasteiger partial charge < -0.3 is 0 Å². The zero-order valence-electron chi connectivity index (χ0n) is 12.4. The Morgan fingerprint density at radius 3 is 2.35 bits per heavy atom. The minimum atomic E-state index is -3.97. The predicted molar refractivity (Wildman–Crippen MR) is 80.9 cm³/mol. The Balaban J connectivity index is 2.00. The molecule has 2 aromatic rings. The minimum absolute atomic E-state index is 0.359. The van der Waals surface area contributed by atoms with Gasteiger partial charge in [-0.1, -0.05) is 18.2 Å². The van der Waals surface area contributed by atoms with Crippen LogP contribution in [0.3, 0.4) is 0 Å². The molecule has 3 nitrogen and oxygen atoms in total. The van der Waals surface area contributed by atoms with Crippen LogP contribution in [-0.2, 0) is 16.4 Å². The molecule has 0 saturated carbocycles. The van der Waals surface area contributed by atoms with Crippen LogP contribution in [0.15, 0.2) is 47.4 Å². The van der Waals surface area contributed by atoms with E-state index in [1.807, 2.05) is 0 Å². The molecular formula is C16H16F3NO2S. The van der Waals surface area contributed by atoms with E-state index in [-0.39, 0.29) is 0 Å². The van der Waals surface area contributed by atoms with E-state index in [2.05, 4.69) is 4.72 Å². The van der Waals surface area contributed by atoms with Crippen LogP contribution in [0, 0.1) is 17.5 Å². The van der Waals surface area contributed by atoms with Crippen molar-refractivity contribution in [1.29, 1.82) is 0 Å². The molecule has 0 aliphatic rings. The molecule has 1 N–H and O–H groups in total. The lowest BCUT2D eigenvalue weighted by atomic mass is 10.1. The van der Waals surface area contributed by atoms with E-state index in [1.165, 1.54) is 24.3 Å². The second kappa shape index (κ2) is 7.14. The number of hydrogen-bond donors (Lipinski definition) is 1. The van der Waals surface area contributed by atoms with Crippen LogP contribution < -0.4 is 4.72 Å². The van der Waals surface area contributed by atoms with Gasteiger partial charge in [-0.3, -0.25) is 0 Å². The third-order valence-corrected chi connectivity index (χ3v) is 4.96. The molecule has 0 saturated heterocycles. The van der Waals surface area contributed by atoms with Crippen LogP contribution >= 0.6 is 0 Å². The Morgan fingerprint density at radius 2 is 1.70 bits per heavy atom. The third kappa shape index (κ3) is 4.56. The van der Waals surface area contributed by atoms with E-state index in [0.717, 1.165) is 18.2 Å². The van der Waals surface area contributed by atoms with Gasteiger partial charge in [0.15, 0.2) is 11.6 Å². The fourth-order valence-electron chi connectivity index (χ4n) is 2.13. The smallest absolute Gasteiger partial charge is 0.208 e. The second-order valence-electron chi connectivity index (χ2n) is 5.24. The summed E-state index contributed by atoms with van der Waals surface area (Å²) >= 11 is 0. The summed E-state index contributed by atoms with van der Waals surface area (Å²) in [5.74, 6) is -2.70. The molecule has 2 aromatic carbocycles. The molecule has 0 spiro atoms. The summed E-state index contributed by atoms with van der Waals surface area (Å²) in [5.41, 5.74) is 0.556. The van der Waals surface area contributed by atoms with E-state index < -0.39 is 38.4 Å². The van der Waals surface area contributed by atoms with Crippen molar-refractivity contribution in [1.82, 2.24) is 4.72 Å². The van der Waals surface area contributed by atoms with E-state index in [9.17, 15) is 21.6 Å². The molecule has 7 heteroatoms. The van der Waals surface area contributed by atoms with Crippen molar-refractivity contribution in [3.63, 3.8) is 0 Å². The van der Waals surface area contributed by atoms with Crippen molar-refractivity contribution in [2.45, 2.75) is 30.7 Å². The molecular weight excluding hydrogens is 327 g/mol. The lowest BCUT2D eigenvalue weighted by Crippen LogP contribution is -2.33. The van der Waals surface area contributed by atoms with Crippen LogP contribution in [0.2, 0.25) is 0 Å². The molecule has 2 rings (SSSR count). The molecule has 0 aliphatic heterocycles. The summed E-state index contributed by atoms with van der Waals surface area (Å²) in [5, 5.41) is 0. The average Bonchev–Trinajstić information content (AvgIpc) is 2.48. The first kappa shape index (κ1) is 17.5.